The van der Waals surface area contributed by atoms with Crippen LogP contribution in [0.15, 0.2) is 267 Å². The number of nitrogens with zero attached hydrogens (tertiary/aromatic N) is 11. The van der Waals surface area contributed by atoms with Gasteiger partial charge in [-0.2, -0.15) is 0 Å². The average Bonchev–Trinajstić information content (AvgIpc) is 1.23. The number of hydrogen-bond donors (Lipinski definition) is 2. The molecular weight excluding hydrogens is 1790 g/mol. The fourth-order valence-electron chi connectivity index (χ4n) is 14.8. The van der Waals surface area contributed by atoms with Gasteiger partial charge in [0, 0.05) is 175 Å². The van der Waals surface area contributed by atoms with Crippen molar-refractivity contribution in [2.45, 2.75) is 52.0 Å². The quantitative estimate of drug-likeness (QED) is 0.0562. The lowest BCUT2D eigenvalue weighted by Gasteiger charge is -2.17. The first-order chi connectivity index (χ1) is 66.2. The highest BCUT2D eigenvalue weighted by Gasteiger charge is 2.29. The number of rotatable bonds is 23. The Morgan fingerprint density at radius 2 is 0.701 bits per heavy atom. The zero-order chi connectivity index (χ0) is 96.4. The maximum Gasteiger partial charge on any atom is 0.253 e. The highest BCUT2D eigenvalue weighted by Crippen LogP contribution is 2.40. The summed E-state index contributed by atoms with van der Waals surface area (Å²) in [4.78, 5) is 91.5. The van der Waals surface area contributed by atoms with Gasteiger partial charge in [-0.3, -0.25) is 33.6 Å². The number of likely N-dealkylation sites (tertiary alicyclic amines) is 1. The van der Waals surface area contributed by atoms with E-state index in [0.29, 0.717) is 150 Å². The Labute approximate surface area is 770 Å². The van der Waals surface area contributed by atoms with Gasteiger partial charge in [-0.05, 0) is 178 Å². The largest absolute Gasteiger partial charge is 0.496 e. The van der Waals surface area contributed by atoms with Crippen molar-refractivity contribution in [2.75, 3.05) is 48.1 Å². The summed E-state index contributed by atoms with van der Waals surface area (Å²) >= 11 is 0. The van der Waals surface area contributed by atoms with Gasteiger partial charge < -0.3 is 57.8 Å². The van der Waals surface area contributed by atoms with E-state index in [1.54, 1.807) is 109 Å². The summed E-state index contributed by atoms with van der Waals surface area (Å²) in [7, 11) is 5.94. The molecule has 2 N–H and O–H groups in total. The van der Waals surface area contributed by atoms with Gasteiger partial charge >= 0.3 is 0 Å². The third-order valence-corrected chi connectivity index (χ3v) is 21.5. The van der Waals surface area contributed by atoms with Crippen molar-refractivity contribution in [3.63, 3.8) is 0 Å². The summed E-state index contributed by atoms with van der Waals surface area (Å²) in [6.07, 6.45) is 10.5. The van der Waals surface area contributed by atoms with Gasteiger partial charge in [-0.15, -0.1) is 30.6 Å². The van der Waals surface area contributed by atoms with Gasteiger partial charge in [0.1, 0.15) is 46.3 Å². The molecule has 1 aliphatic carbocycles. The zero-order valence-electron chi connectivity index (χ0n) is 73.3. The molecule has 0 bridgehead atoms. The molecule has 10 heterocycles. The van der Waals surface area contributed by atoms with Crippen LogP contribution in [0.25, 0.3) is 78.0 Å². The molecule has 2 fully saturated rings. The smallest absolute Gasteiger partial charge is 0.253 e. The molecule has 0 spiro atoms. The summed E-state index contributed by atoms with van der Waals surface area (Å²) in [5, 5.41) is 30.8. The Morgan fingerprint density at radius 1 is 0.380 bits per heavy atom. The van der Waals surface area contributed by atoms with Crippen LogP contribution in [0.4, 0.5) is 35.1 Å². The summed E-state index contributed by atoms with van der Waals surface area (Å²) < 4.78 is 164. The standard InChI is InChI=1S/C26H21F2N3O4.C25H19F2N3O4.C25H21F2N3O4.C24H16F2N4O4/c1-34-22-7-4-16(26(33)30-11-2-3-12-30)14-18(22)25-20-6-9-24(29-31(20)13-10-21(25)32)35-23-8-5-17(27)15-19(23)28;1-33-21-7-2-14(25(32)28-16-4-5-16)12-17(21)24-19-6-9-23(29-30(19)11-10-20(24)31)34-22-8-3-15(26)13-18(22)27;1-3-11-28-25(32)15-4-7-21(33-2)17(13-15)24-19-6-9-23(29-30(19)12-10-20(24)31)34-22-8-5-16(26)14-18(22)27;1-13-27-28-24(33-13)14-3-6-20(32-2)16(11-14)23-18-5-8-22(29-30(18)10-9-19(23)31)34-21-7-4-15(25)12-17(21)26/h4-10,13-15H,2-3,11-12H2,1H3;2-3,6-13,16H,4-5H2,1H3,(H,28,32);4-10,12-14H,3,11H2,1-2H3,(H,28,32);3-12H,1-2H3. The highest BCUT2D eigenvalue weighted by atomic mass is 19.2. The minimum absolute atomic E-state index is 0.0345. The number of carbonyl (C=O) groups excluding carboxylic acids is 3. The van der Waals surface area contributed by atoms with Gasteiger partial charge in [0.15, 0.2) is 68.0 Å². The Morgan fingerprint density at radius 3 is 1.02 bits per heavy atom. The lowest BCUT2D eigenvalue weighted by Crippen LogP contribution is -2.27. The van der Waals surface area contributed by atoms with Crippen molar-refractivity contribution in [2.24, 2.45) is 0 Å². The Balaban J connectivity index is 0.000000132. The van der Waals surface area contributed by atoms with Crippen LogP contribution in [0.1, 0.15) is 76.0 Å². The van der Waals surface area contributed by atoms with Gasteiger partial charge in [0.2, 0.25) is 35.3 Å². The molecule has 694 valence electrons. The van der Waals surface area contributed by atoms with Crippen molar-refractivity contribution >= 4 is 39.8 Å². The third-order valence-electron chi connectivity index (χ3n) is 21.5. The SMILES string of the molecule is CCCNC(=O)c1ccc(OC)c(-c2c(=O)ccn3nc(Oc4ccc(F)cc4F)ccc23)c1.COc1ccc(-c2nnc(C)o2)cc1-c1c(=O)ccn2nc(Oc3ccc(F)cc3F)ccc12.COc1ccc(C(=O)N2CCCC2)cc1-c1c(=O)ccn2nc(Oc3ccc(F)cc3F)ccc12.COc1ccc(C(=O)NC2CC2)cc1-c1c(=O)ccn2nc(Oc3ccc(F)cc3F)ccc12. The maximum absolute atomic E-state index is 14.0. The average molecular weight is 1870 g/mol. The van der Waals surface area contributed by atoms with Crippen LogP contribution in [0.3, 0.4) is 0 Å². The lowest BCUT2D eigenvalue weighted by atomic mass is 10.00. The maximum atomic E-state index is 14.0. The molecule has 37 heteroatoms. The number of aryl methyl sites for hydroxylation is 1. The number of nitrogens with one attached hydrogen (secondary N) is 2. The van der Waals surface area contributed by atoms with E-state index >= 15 is 0 Å². The number of amides is 3. The first-order valence-corrected chi connectivity index (χ1v) is 42.3. The molecule has 1 saturated carbocycles. The predicted molar refractivity (Wildman–Crippen MR) is 486 cm³/mol. The predicted octanol–water partition coefficient (Wildman–Crippen LogP) is 18.4. The number of ether oxygens (including phenoxy) is 8. The summed E-state index contributed by atoms with van der Waals surface area (Å²) in [6, 6.07) is 49.6. The van der Waals surface area contributed by atoms with Crippen LogP contribution in [0.2, 0.25) is 0 Å². The minimum Gasteiger partial charge on any atom is -0.496 e. The molecule has 0 atom stereocenters. The van der Waals surface area contributed by atoms with Crippen LogP contribution in [0.5, 0.6) is 69.5 Å². The van der Waals surface area contributed by atoms with Crippen molar-refractivity contribution in [1.82, 2.24) is 64.2 Å². The number of hydrogen-bond acceptors (Lipinski definition) is 22. The van der Waals surface area contributed by atoms with E-state index in [4.69, 9.17) is 42.3 Å². The fraction of sp³-hybridized carbons (Fsp3) is 0.150. The molecule has 19 rings (SSSR count). The molecule has 2 aliphatic rings. The number of pyridine rings is 4. The summed E-state index contributed by atoms with van der Waals surface area (Å²) in [5.74, 6) is -5.08. The highest BCUT2D eigenvalue weighted by molar-refractivity contribution is 6.00. The van der Waals surface area contributed by atoms with Gasteiger partial charge in [-0.1, -0.05) is 6.92 Å². The first-order valence-electron chi connectivity index (χ1n) is 42.3. The number of methoxy groups -OCH3 is 4. The molecule has 17 aromatic rings. The monoisotopic (exact) mass is 1870 g/mol. The van der Waals surface area contributed by atoms with Crippen LogP contribution in [-0.2, 0) is 0 Å². The number of fused-ring (bicyclic) bond motifs is 4. The second-order valence-electron chi connectivity index (χ2n) is 30.7. The molecule has 0 radical (unpaired) electrons. The summed E-state index contributed by atoms with van der Waals surface area (Å²) in [5.41, 5.74) is 5.46. The van der Waals surface area contributed by atoms with Crippen LogP contribution >= 0.6 is 0 Å². The van der Waals surface area contributed by atoms with E-state index in [1.165, 1.54) is 132 Å². The Kier molecular flexibility index (Phi) is 27.6. The molecular formula is C100H77F8N13O16. The van der Waals surface area contributed by atoms with Gasteiger partial charge in [-0.25, -0.2) is 53.2 Å². The molecule has 3 amide bonds. The number of carbonyl (C=O) groups is 3. The van der Waals surface area contributed by atoms with E-state index in [0.717, 1.165) is 74.6 Å². The van der Waals surface area contributed by atoms with E-state index in [1.807, 2.05) is 6.92 Å². The summed E-state index contributed by atoms with van der Waals surface area (Å²) in [6.45, 7) is 5.57. The fourth-order valence-corrected chi connectivity index (χ4v) is 14.8. The van der Waals surface area contributed by atoms with Crippen LogP contribution in [0, 0.1) is 53.5 Å². The second kappa shape index (κ2) is 40.8. The van der Waals surface area contributed by atoms with E-state index in [9.17, 15) is 68.7 Å². The van der Waals surface area contributed by atoms with E-state index in [-0.39, 0.29) is 103 Å². The van der Waals surface area contributed by atoms with E-state index < -0.39 is 46.5 Å². The molecule has 137 heavy (non-hydrogen) atoms. The normalized spacial score (nSPS) is 12.1. The van der Waals surface area contributed by atoms with Gasteiger partial charge in [0.05, 0.1) is 72.8 Å². The molecule has 0 unspecified atom stereocenters. The number of benzene rings is 8. The van der Waals surface area contributed by atoms with Crippen molar-refractivity contribution in [3.8, 4) is 125 Å². The van der Waals surface area contributed by atoms with Gasteiger partial charge in [0.25, 0.3) is 17.7 Å². The molecule has 8 aromatic carbocycles. The lowest BCUT2D eigenvalue weighted by molar-refractivity contribution is 0.0792. The second-order valence-corrected chi connectivity index (χ2v) is 30.7. The molecule has 29 nitrogen and oxygen atoms in total. The minimum atomic E-state index is -0.870. The number of halogens is 8. The van der Waals surface area contributed by atoms with Crippen LogP contribution in [-0.4, -0.2) is 125 Å². The Hall–Kier alpha value is -17.4. The third kappa shape index (κ3) is 20.9. The van der Waals surface area contributed by atoms with Crippen LogP contribution < -0.4 is 70.2 Å². The molecule has 9 aromatic heterocycles. The topological polar surface area (TPSA) is 329 Å². The van der Waals surface area contributed by atoms with Crippen molar-refractivity contribution in [1.29, 1.82) is 0 Å². The molecule has 1 saturated heterocycles. The molecule has 1 aliphatic heterocycles. The Bertz CT molecular complexity index is 7820. The zero-order valence-corrected chi connectivity index (χ0v) is 73.3. The van der Waals surface area contributed by atoms with E-state index in [2.05, 4.69) is 41.2 Å². The van der Waals surface area contributed by atoms with Crippen molar-refractivity contribution in [3.05, 3.63) is 353 Å². The first kappa shape index (κ1) is 92.8. The number of aromatic nitrogens is 10. The van der Waals surface area contributed by atoms with Crippen molar-refractivity contribution < 1.29 is 91.8 Å².